The second-order valence-electron chi connectivity index (χ2n) is 11.9. The molecular weight excluding hydrogens is 495 g/mol. The second kappa shape index (κ2) is 8.25. The number of likely N-dealkylation sites (tertiary alicyclic amines) is 1. The third-order valence-corrected chi connectivity index (χ3v) is 10.8. The Morgan fingerprint density at radius 1 is 1.11 bits per heavy atom. The van der Waals surface area contributed by atoms with Gasteiger partial charge in [-0.1, -0.05) is 35.3 Å². The zero-order chi connectivity index (χ0) is 24.8. The number of hydrogen-bond donors (Lipinski definition) is 2. The summed E-state index contributed by atoms with van der Waals surface area (Å²) in [6.45, 7) is 2.93. The van der Waals surface area contributed by atoms with Gasteiger partial charge in [-0.3, -0.25) is 9.80 Å². The number of hydrogen-bond acceptors (Lipinski definition) is 5. The largest absolute Gasteiger partial charge is 0.504 e. The average Bonchev–Trinajstić information content (AvgIpc) is 3.60. The van der Waals surface area contributed by atoms with Crippen molar-refractivity contribution in [3.63, 3.8) is 0 Å². The summed E-state index contributed by atoms with van der Waals surface area (Å²) in [7, 11) is 2.17. The fourth-order valence-corrected chi connectivity index (χ4v) is 8.39. The van der Waals surface area contributed by atoms with Crippen molar-refractivity contribution in [2.24, 2.45) is 5.92 Å². The van der Waals surface area contributed by atoms with Crippen LogP contribution in [-0.2, 0) is 18.3 Å². The van der Waals surface area contributed by atoms with Crippen LogP contribution in [0.5, 0.6) is 11.5 Å². The van der Waals surface area contributed by atoms with E-state index >= 15 is 0 Å². The third-order valence-electron chi connectivity index (χ3n) is 10.0. The predicted molar refractivity (Wildman–Crippen MR) is 141 cm³/mol. The minimum absolute atomic E-state index is 0.114. The number of benzene rings is 2. The number of halogens is 2. The molecule has 2 heterocycles. The van der Waals surface area contributed by atoms with Gasteiger partial charge in [0.15, 0.2) is 11.5 Å². The Bertz CT molecular complexity index is 1220. The van der Waals surface area contributed by atoms with Gasteiger partial charge in [-0.2, -0.15) is 0 Å². The van der Waals surface area contributed by atoms with Crippen LogP contribution < -0.4 is 4.74 Å². The fourth-order valence-electron chi connectivity index (χ4n) is 8.07. The number of nitrogens with zero attached hydrogens (tertiary/aromatic N) is 2. The van der Waals surface area contributed by atoms with Crippen LogP contribution in [0.3, 0.4) is 0 Å². The molecule has 192 valence electrons. The van der Waals surface area contributed by atoms with E-state index in [0.29, 0.717) is 15.8 Å². The first-order valence-electron chi connectivity index (χ1n) is 13.4. The summed E-state index contributed by atoms with van der Waals surface area (Å²) >= 11 is 12.4. The smallest absolute Gasteiger partial charge is 0.165 e. The van der Waals surface area contributed by atoms with Crippen molar-refractivity contribution in [3.8, 4) is 11.5 Å². The molecule has 36 heavy (non-hydrogen) atoms. The molecule has 1 spiro atoms. The number of aromatic hydroxyl groups is 1. The molecule has 0 amide bonds. The first-order valence-corrected chi connectivity index (χ1v) is 14.2. The first kappa shape index (κ1) is 23.6. The second-order valence-corrected chi connectivity index (χ2v) is 12.7. The molecule has 2 aromatic carbocycles. The minimum atomic E-state index is -0.835. The normalized spacial score (nSPS) is 34.5. The highest BCUT2D eigenvalue weighted by Crippen LogP contribution is 2.66. The van der Waals surface area contributed by atoms with E-state index in [0.717, 1.165) is 68.8 Å². The van der Waals surface area contributed by atoms with Crippen LogP contribution in [-0.4, -0.2) is 70.5 Å². The standard InChI is InChI=1S/C29H34Cl2N2O3/c1-32(12-9-17-4-6-20(30)21(31)14-17)22-8-10-29(35)24-15-19-5-7-23(34)26-25(19)28(29,27(22)36-26)11-13-33(24)16-18-2-3-18/h4-7,14,18,22,24,27,34-35H,2-3,8-13,15-16H2,1H3/t22-,24-,27+,28+,29-/m1/s1. The molecule has 0 unspecified atom stereocenters. The van der Waals surface area contributed by atoms with Crippen molar-refractivity contribution in [1.29, 1.82) is 0 Å². The summed E-state index contributed by atoms with van der Waals surface area (Å²) in [4.78, 5) is 4.98. The predicted octanol–water partition coefficient (Wildman–Crippen LogP) is 4.81. The topological polar surface area (TPSA) is 56.2 Å². The maximum atomic E-state index is 12.6. The molecule has 5 aliphatic rings. The zero-order valence-electron chi connectivity index (χ0n) is 20.7. The van der Waals surface area contributed by atoms with E-state index in [1.54, 1.807) is 6.07 Å². The summed E-state index contributed by atoms with van der Waals surface area (Å²) < 4.78 is 6.72. The molecule has 2 aliphatic heterocycles. The van der Waals surface area contributed by atoms with E-state index in [1.807, 2.05) is 18.2 Å². The molecule has 0 radical (unpaired) electrons. The van der Waals surface area contributed by atoms with Crippen LogP contribution >= 0.6 is 23.2 Å². The monoisotopic (exact) mass is 528 g/mol. The average molecular weight is 530 g/mol. The Labute approximate surface area is 222 Å². The van der Waals surface area contributed by atoms with Gasteiger partial charge in [-0.25, -0.2) is 0 Å². The van der Waals surface area contributed by atoms with Crippen molar-refractivity contribution in [3.05, 3.63) is 57.1 Å². The number of piperidine rings is 1. The van der Waals surface area contributed by atoms with Crippen molar-refractivity contribution < 1.29 is 14.9 Å². The quantitative estimate of drug-likeness (QED) is 0.563. The first-order chi connectivity index (χ1) is 17.3. The molecular formula is C29H34Cl2N2O3. The number of aliphatic hydroxyl groups is 1. The van der Waals surface area contributed by atoms with Crippen LogP contribution in [0.4, 0.5) is 0 Å². The third kappa shape index (κ3) is 3.26. The Kier molecular flexibility index (Phi) is 5.41. The maximum Gasteiger partial charge on any atom is 0.165 e. The minimum Gasteiger partial charge on any atom is -0.504 e. The van der Waals surface area contributed by atoms with Gasteiger partial charge in [0.05, 0.1) is 21.1 Å². The molecule has 2 saturated carbocycles. The number of likely N-dealkylation sites (N-methyl/N-ethyl adjacent to an activating group) is 1. The van der Waals surface area contributed by atoms with Gasteiger partial charge in [-0.15, -0.1) is 0 Å². The zero-order valence-corrected chi connectivity index (χ0v) is 22.2. The molecule has 2 bridgehead atoms. The lowest BCUT2D eigenvalue weighted by molar-refractivity contribution is -0.199. The maximum absolute atomic E-state index is 12.6. The van der Waals surface area contributed by atoms with Crippen LogP contribution in [0.1, 0.15) is 48.8 Å². The number of rotatable bonds is 6. The van der Waals surface area contributed by atoms with E-state index in [4.69, 9.17) is 27.9 Å². The van der Waals surface area contributed by atoms with Gasteiger partial charge in [-0.05, 0) is 93.8 Å². The van der Waals surface area contributed by atoms with Crippen molar-refractivity contribution >= 4 is 23.2 Å². The van der Waals surface area contributed by atoms with E-state index in [-0.39, 0.29) is 23.9 Å². The van der Waals surface area contributed by atoms with Crippen LogP contribution in [0.2, 0.25) is 10.0 Å². The molecule has 3 aliphatic carbocycles. The Morgan fingerprint density at radius 2 is 1.94 bits per heavy atom. The SMILES string of the molecule is CN(CCc1ccc(Cl)c(Cl)c1)[C@@H]1CC[C@@]2(O)[C@H]3Cc4ccc(O)c5c4[C@@]2(CCN3CC2CC2)[C@H]1O5. The van der Waals surface area contributed by atoms with E-state index in [1.165, 1.54) is 18.4 Å². The lowest BCUT2D eigenvalue weighted by Crippen LogP contribution is -2.78. The molecule has 5 atom stereocenters. The van der Waals surface area contributed by atoms with Gasteiger partial charge in [0.25, 0.3) is 0 Å². The van der Waals surface area contributed by atoms with Crippen molar-refractivity contribution in [2.75, 3.05) is 26.7 Å². The highest BCUT2D eigenvalue weighted by Gasteiger charge is 2.73. The summed E-state index contributed by atoms with van der Waals surface area (Å²) in [5.41, 5.74) is 2.20. The summed E-state index contributed by atoms with van der Waals surface area (Å²) in [5, 5.41) is 24.6. The summed E-state index contributed by atoms with van der Waals surface area (Å²) in [6.07, 6.45) is 6.66. The number of phenolic OH excluding ortho intramolecular Hbond substituents is 1. The van der Waals surface area contributed by atoms with E-state index < -0.39 is 11.0 Å². The van der Waals surface area contributed by atoms with Crippen molar-refractivity contribution in [1.82, 2.24) is 9.80 Å². The Balaban J connectivity index is 1.22. The van der Waals surface area contributed by atoms with Crippen molar-refractivity contribution in [2.45, 2.75) is 74.1 Å². The summed E-state index contributed by atoms with van der Waals surface area (Å²) in [6, 6.07) is 9.97. The molecule has 3 fully saturated rings. The molecule has 1 saturated heterocycles. The number of phenols is 1. The lowest BCUT2D eigenvalue weighted by atomic mass is 9.48. The lowest BCUT2D eigenvalue weighted by Gasteiger charge is -2.64. The van der Waals surface area contributed by atoms with Crippen LogP contribution in [0.15, 0.2) is 30.3 Å². The molecule has 7 rings (SSSR count). The Morgan fingerprint density at radius 3 is 2.72 bits per heavy atom. The van der Waals surface area contributed by atoms with E-state index in [9.17, 15) is 10.2 Å². The van der Waals surface area contributed by atoms with Gasteiger partial charge in [0.1, 0.15) is 6.10 Å². The highest BCUT2D eigenvalue weighted by molar-refractivity contribution is 6.42. The molecule has 7 heteroatoms. The van der Waals surface area contributed by atoms with Gasteiger partial charge in [0, 0.05) is 30.7 Å². The van der Waals surface area contributed by atoms with Gasteiger partial charge in [0.2, 0.25) is 0 Å². The van der Waals surface area contributed by atoms with Gasteiger partial charge < -0.3 is 14.9 Å². The Hall–Kier alpha value is -1.50. The van der Waals surface area contributed by atoms with E-state index in [2.05, 4.69) is 22.9 Å². The van der Waals surface area contributed by atoms with Crippen LogP contribution in [0.25, 0.3) is 0 Å². The fraction of sp³-hybridized carbons (Fsp3) is 0.586. The van der Waals surface area contributed by atoms with Gasteiger partial charge >= 0.3 is 0 Å². The molecule has 0 aromatic heterocycles. The number of ether oxygens (including phenoxy) is 1. The molecule has 2 aromatic rings. The molecule has 2 N–H and O–H groups in total. The van der Waals surface area contributed by atoms with Crippen LogP contribution in [0, 0.1) is 5.92 Å². The molecule has 5 nitrogen and oxygen atoms in total. The summed E-state index contributed by atoms with van der Waals surface area (Å²) in [5.74, 6) is 1.62. The highest BCUT2D eigenvalue weighted by atomic mass is 35.5.